The highest BCUT2D eigenvalue weighted by atomic mass is 16.9. The second-order valence-corrected chi connectivity index (χ2v) is 3.15. The van der Waals surface area contributed by atoms with Gasteiger partial charge in [0.1, 0.15) is 6.10 Å². The summed E-state index contributed by atoms with van der Waals surface area (Å²) < 4.78 is 15.7. The first-order valence-electron chi connectivity index (χ1n) is 4.07. The summed E-state index contributed by atoms with van der Waals surface area (Å²) in [5.74, 6) is -0.972. The predicted octanol–water partition coefficient (Wildman–Crippen LogP) is -1.35. The van der Waals surface area contributed by atoms with Crippen molar-refractivity contribution in [2.24, 2.45) is 11.7 Å². The van der Waals surface area contributed by atoms with Gasteiger partial charge in [-0.15, -0.1) is 0 Å². The molecule has 5 nitrogen and oxygen atoms in total. The van der Waals surface area contributed by atoms with E-state index in [1.807, 2.05) is 0 Å². The molecule has 3 fully saturated rings. The number of hydrogen-bond donors (Lipinski definition) is 2. The van der Waals surface area contributed by atoms with E-state index in [9.17, 15) is 5.11 Å². The fourth-order valence-corrected chi connectivity index (χ4v) is 1.40. The molecule has 0 saturated carbocycles. The van der Waals surface area contributed by atoms with Crippen LogP contribution in [-0.4, -0.2) is 43.5 Å². The molecule has 3 rings (SSSR count). The maximum atomic E-state index is 9.46. The minimum Gasteiger partial charge on any atom is -0.383 e. The van der Waals surface area contributed by atoms with Crippen molar-refractivity contribution in [1.29, 1.82) is 0 Å². The topological polar surface area (TPSA) is 73.9 Å². The Balaban J connectivity index is 2.08. The second kappa shape index (κ2) is 2.93. The van der Waals surface area contributed by atoms with Gasteiger partial charge in [-0.2, -0.15) is 0 Å². The van der Waals surface area contributed by atoms with Crippen molar-refractivity contribution in [2.75, 3.05) is 26.4 Å². The maximum absolute atomic E-state index is 9.46. The first-order chi connectivity index (χ1) is 5.77. The second-order valence-electron chi connectivity index (χ2n) is 3.15. The van der Waals surface area contributed by atoms with E-state index in [4.69, 9.17) is 19.9 Å². The van der Waals surface area contributed by atoms with Gasteiger partial charge in [-0.25, -0.2) is 0 Å². The zero-order chi connectivity index (χ0) is 8.60. The molecule has 70 valence electrons. The Bertz CT molecular complexity index is 153. The van der Waals surface area contributed by atoms with Crippen LogP contribution in [0.5, 0.6) is 0 Å². The van der Waals surface area contributed by atoms with E-state index in [0.717, 1.165) is 0 Å². The van der Waals surface area contributed by atoms with Crippen molar-refractivity contribution >= 4 is 0 Å². The molecule has 3 aliphatic heterocycles. The first-order valence-corrected chi connectivity index (χ1v) is 4.07. The Morgan fingerprint density at radius 2 is 1.83 bits per heavy atom. The van der Waals surface area contributed by atoms with Crippen LogP contribution in [0.4, 0.5) is 0 Å². The van der Waals surface area contributed by atoms with E-state index in [1.54, 1.807) is 0 Å². The van der Waals surface area contributed by atoms with Gasteiger partial charge >= 0.3 is 5.97 Å². The van der Waals surface area contributed by atoms with Crippen LogP contribution < -0.4 is 5.73 Å². The molecule has 0 radical (unpaired) electrons. The van der Waals surface area contributed by atoms with Crippen LogP contribution in [-0.2, 0) is 14.2 Å². The van der Waals surface area contributed by atoms with Gasteiger partial charge in [0, 0.05) is 12.5 Å². The Morgan fingerprint density at radius 1 is 1.33 bits per heavy atom. The molecule has 12 heavy (non-hydrogen) atoms. The number of hydrogen-bond acceptors (Lipinski definition) is 5. The van der Waals surface area contributed by atoms with E-state index >= 15 is 0 Å². The van der Waals surface area contributed by atoms with Gasteiger partial charge in [-0.05, 0) is 0 Å². The number of rotatable bonds is 2. The van der Waals surface area contributed by atoms with Gasteiger partial charge in [0.2, 0.25) is 0 Å². The van der Waals surface area contributed by atoms with Crippen LogP contribution in [0.15, 0.2) is 0 Å². The smallest absolute Gasteiger partial charge is 0.311 e. The molecular formula is C7H13NO4. The minimum absolute atomic E-state index is 0.0741. The quantitative estimate of drug-likeness (QED) is 0.543. The lowest BCUT2D eigenvalue weighted by molar-refractivity contribution is -0.471. The summed E-state index contributed by atoms with van der Waals surface area (Å²) >= 11 is 0. The first kappa shape index (κ1) is 8.40. The molecule has 3 aliphatic rings. The number of aliphatic hydroxyl groups is 1. The zero-order valence-corrected chi connectivity index (χ0v) is 6.73. The fraction of sp³-hybridized carbons (Fsp3) is 1.00. The van der Waals surface area contributed by atoms with Crippen molar-refractivity contribution in [2.45, 2.75) is 12.1 Å². The van der Waals surface area contributed by atoms with Gasteiger partial charge in [0.25, 0.3) is 0 Å². The molecule has 3 saturated heterocycles. The summed E-state index contributed by atoms with van der Waals surface area (Å²) in [6.45, 7) is 1.82. The Labute approximate surface area is 70.4 Å². The Kier molecular flexibility index (Phi) is 2.05. The molecular weight excluding hydrogens is 162 g/mol. The molecule has 0 aliphatic carbocycles. The van der Waals surface area contributed by atoms with Crippen molar-refractivity contribution in [3.63, 3.8) is 0 Å². The lowest BCUT2D eigenvalue weighted by Crippen LogP contribution is -2.61. The van der Waals surface area contributed by atoms with E-state index in [2.05, 4.69) is 0 Å². The van der Waals surface area contributed by atoms with E-state index in [1.165, 1.54) is 0 Å². The van der Waals surface area contributed by atoms with Crippen LogP contribution in [0.2, 0.25) is 0 Å². The number of aliphatic hydroxyl groups excluding tert-OH is 1. The molecule has 1 unspecified atom stereocenters. The van der Waals surface area contributed by atoms with E-state index in [-0.39, 0.29) is 6.54 Å². The van der Waals surface area contributed by atoms with Gasteiger partial charge in [0.05, 0.1) is 19.8 Å². The highest BCUT2D eigenvalue weighted by Gasteiger charge is 2.49. The van der Waals surface area contributed by atoms with Crippen molar-refractivity contribution in [1.82, 2.24) is 0 Å². The predicted molar refractivity (Wildman–Crippen MR) is 39.1 cm³/mol. The largest absolute Gasteiger partial charge is 0.383 e. The average Bonchev–Trinajstić information content (AvgIpc) is 2.19. The van der Waals surface area contributed by atoms with Gasteiger partial charge in [-0.3, -0.25) is 0 Å². The third-order valence-corrected chi connectivity index (χ3v) is 2.19. The van der Waals surface area contributed by atoms with Crippen molar-refractivity contribution in [3.05, 3.63) is 0 Å². The van der Waals surface area contributed by atoms with Crippen LogP contribution >= 0.6 is 0 Å². The number of nitrogens with two attached hydrogens (primary N) is 1. The van der Waals surface area contributed by atoms with E-state index in [0.29, 0.717) is 25.7 Å². The fourth-order valence-electron chi connectivity index (χ4n) is 1.40. The molecule has 0 aromatic carbocycles. The number of fused-ring (bicyclic) bond motifs is 3. The van der Waals surface area contributed by atoms with Crippen molar-refractivity contribution in [3.8, 4) is 0 Å². The lowest BCUT2D eigenvalue weighted by Gasteiger charge is -2.46. The summed E-state index contributed by atoms with van der Waals surface area (Å²) in [6, 6.07) is 0. The summed E-state index contributed by atoms with van der Waals surface area (Å²) in [5, 5.41) is 9.46. The van der Waals surface area contributed by atoms with Crippen molar-refractivity contribution < 1.29 is 19.3 Å². The summed E-state index contributed by atoms with van der Waals surface area (Å²) in [5.41, 5.74) is 5.29. The summed E-state index contributed by atoms with van der Waals surface area (Å²) in [4.78, 5) is 0. The highest BCUT2D eigenvalue weighted by Crippen LogP contribution is 2.32. The lowest BCUT2D eigenvalue weighted by atomic mass is 10.1. The standard InChI is InChI=1S/C7H13NO4/c8-1-6(9)7-10-2-5(3-11-7)4-12-7/h5-6,9H,1-4,8H2. The molecule has 0 spiro atoms. The normalized spacial score (nSPS) is 43.0. The van der Waals surface area contributed by atoms with Crippen LogP contribution in [0.3, 0.4) is 0 Å². The molecule has 0 aromatic rings. The SMILES string of the molecule is NCC(O)C12OCC(CO1)CO2. The molecule has 3 N–H and O–H groups in total. The van der Waals surface area contributed by atoms with Gasteiger partial charge in [-0.1, -0.05) is 0 Å². The third kappa shape index (κ3) is 1.14. The zero-order valence-electron chi connectivity index (χ0n) is 6.73. The Morgan fingerprint density at radius 3 is 2.25 bits per heavy atom. The molecule has 1 atom stereocenters. The summed E-state index contributed by atoms with van der Waals surface area (Å²) in [6.07, 6.45) is -0.904. The highest BCUT2D eigenvalue weighted by molar-refractivity contribution is 4.80. The molecule has 5 heteroatoms. The molecule has 0 aromatic heterocycles. The summed E-state index contributed by atoms with van der Waals surface area (Å²) in [7, 11) is 0. The average molecular weight is 175 g/mol. The Hall–Kier alpha value is -0.200. The van der Waals surface area contributed by atoms with Gasteiger partial charge < -0.3 is 25.1 Å². The monoisotopic (exact) mass is 175 g/mol. The molecule has 0 amide bonds. The van der Waals surface area contributed by atoms with Crippen LogP contribution in [0, 0.1) is 5.92 Å². The van der Waals surface area contributed by atoms with Gasteiger partial charge in [0.15, 0.2) is 0 Å². The molecule has 3 heterocycles. The van der Waals surface area contributed by atoms with Crippen LogP contribution in [0.25, 0.3) is 0 Å². The molecule has 2 bridgehead atoms. The minimum atomic E-state index is -1.27. The third-order valence-electron chi connectivity index (χ3n) is 2.19. The van der Waals surface area contributed by atoms with Crippen LogP contribution in [0.1, 0.15) is 0 Å². The maximum Gasteiger partial charge on any atom is 0.311 e. The van der Waals surface area contributed by atoms with E-state index < -0.39 is 12.1 Å². The number of ether oxygens (including phenoxy) is 3.